The minimum Gasteiger partial charge on any atom is -0.305 e. The number of nitrogens with one attached hydrogen (secondary N) is 1. The molecule has 0 fully saturated rings. The molecule has 0 saturated carbocycles. The Kier molecular flexibility index (Phi) is 7.20. The highest BCUT2D eigenvalue weighted by atomic mass is 79.9. The standard InChI is InChI=1S/C18H23BrN2O4S2/c1-21(2)15(11-14-7-5-4-6-8-14)13-20-27(24,25)18-12-16(26(3,22)23)9-10-17(18)19/h4-10,12,15,20H,11,13H2,1-3H3/t15-/m0/s1. The lowest BCUT2D eigenvalue weighted by molar-refractivity contribution is 0.291. The maximum absolute atomic E-state index is 12.8. The van der Waals surface area contributed by atoms with Crippen LogP contribution in [0.5, 0.6) is 0 Å². The summed E-state index contributed by atoms with van der Waals surface area (Å²) >= 11 is 3.20. The Morgan fingerprint density at radius 3 is 2.22 bits per heavy atom. The van der Waals surface area contributed by atoms with Gasteiger partial charge >= 0.3 is 0 Å². The van der Waals surface area contributed by atoms with Crippen molar-refractivity contribution in [3.05, 3.63) is 58.6 Å². The smallest absolute Gasteiger partial charge is 0.241 e. The normalized spacial score (nSPS) is 13.7. The molecule has 6 nitrogen and oxygen atoms in total. The number of likely N-dealkylation sites (N-methyl/N-ethyl adjacent to an activating group) is 1. The van der Waals surface area contributed by atoms with E-state index in [2.05, 4.69) is 20.7 Å². The molecule has 9 heteroatoms. The molecule has 0 bridgehead atoms. The van der Waals surface area contributed by atoms with Crippen LogP contribution in [0.4, 0.5) is 0 Å². The van der Waals surface area contributed by atoms with Gasteiger partial charge in [0, 0.05) is 23.3 Å². The first kappa shape index (κ1) is 22.0. The zero-order valence-electron chi connectivity index (χ0n) is 15.4. The first-order valence-electron chi connectivity index (χ1n) is 8.20. The van der Waals surface area contributed by atoms with Crippen molar-refractivity contribution in [2.24, 2.45) is 0 Å². The third-order valence-electron chi connectivity index (χ3n) is 4.17. The fraction of sp³-hybridized carbons (Fsp3) is 0.333. The van der Waals surface area contributed by atoms with E-state index in [0.29, 0.717) is 10.9 Å². The predicted molar refractivity (Wildman–Crippen MR) is 110 cm³/mol. The lowest BCUT2D eigenvalue weighted by Crippen LogP contribution is -2.41. The van der Waals surface area contributed by atoms with Gasteiger partial charge in [0.15, 0.2) is 9.84 Å². The van der Waals surface area contributed by atoms with Crippen LogP contribution in [0.2, 0.25) is 0 Å². The van der Waals surface area contributed by atoms with Crippen LogP contribution in [0.3, 0.4) is 0 Å². The molecule has 2 aromatic carbocycles. The minimum atomic E-state index is -3.88. The van der Waals surface area contributed by atoms with E-state index in [1.807, 2.05) is 49.3 Å². The number of benzene rings is 2. The van der Waals surface area contributed by atoms with Gasteiger partial charge in [0.25, 0.3) is 0 Å². The number of halogens is 1. The van der Waals surface area contributed by atoms with Crippen LogP contribution in [0.25, 0.3) is 0 Å². The van der Waals surface area contributed by atoms with Gasteiger partial charge in [-0.2, -0.15) is 0 Å². The summed E-state index contributed by atoms with van der Waals surface area (Å²) in [5.74, 6) is 0. The summed E-state index contributed by atoms with van der Waals surface area (Å²) < 4.78 is 51.9. The van der Waals surface area contributed by atoms with Crippen LogP contribution >= 0.6 is 15.9 Å². The van der Waals surface area contributed by atoms with E-state index in [0.717, 1.165) is 11.8 Å². The zero-order chi connectivity index (χ0) is 20.2. The van der Waals surface area contributed by atoms with E-state index in [4.69, 9.17) is 0 Å². The van der Waals surface area contributed by atoms with Crippen molar-refractivity contribution in [3.63, 3.8) is 0 Å². The molecule has 2 aromatic rings. The van der Waals surface area contributed by atoms with Crippen molar-refractivity contribution in [1.29, 1.82) is 0 Å². The van der Waals surface area contributed by atoms with Crippen molar-refractivity contribution in [2.75, 3.05) is 26.9 Å². The van der Waals surface area contributed by atoms with Gasteiger partial charge in [-0.3, -0.25) is 0 Å². The Morgan fingerprint density at radius 1 is 1.04 bits per heavy atom. The topological polar surface area (TPSA) is 83.6 Å². The first-order chi connectivity index (χ1) is 12.5. The minimum absolute atomic E-state index is 0.0421. The quantitative estimate of drug-likeness (QED) is 0.634. The van der Waals surface area contributed by atoms with Crippen molar-refractivity contribution < 1.29 is 16.8 Å². The molecular formula is C18H23BrN2O4S2. The molecule has 0 spiro atoms. The third-order valence-corrected chi connectivity index (χ3v) is 7.70. The summed E-state index contributed by atoms with van der Waals surface area (Å²) in [7, 11) is -3.61. The summed E-state index contributed by atoms with van der Waals surface area (Å²) in [5, 5.41) is 0. The molecule has 0 unspecified atom stereocenters. The van der Waals surface area contributed by atoms with Crippen LogP contribution in [-0.2, 0) is 26.3 Å². The van der Waals surface area contributed by atoms with Crippen LogP contribution in [0.1, 0.15) is 5.56 Å². The molecule has 0 aliphatic rings. The lowest BCUT2D eigenvalue weighted by atomic mass is 10.1. The Labute approximate surface area is 169 Å². The molecular weight excluding hydrogens is 452 g/mol. The second-order valence-corrected chi connectivity index (χ2v) is 11.1. The molecule has 27 heavy (non-hydrogen) atoms. The largest absolute Gasteiger partial charge is 0.305 e. The zero-order valence-corrected chi connectivity index (χ0v) is 18.6. The highest BCUT2D eigenvalue weighted by Crippen LogP contribution is 2.25. The third kappa shape index (κ3) is 6.11. The summed E-state index contributed by atoms with van der Waals surface area (Å²) in [5.41, 5.74) is 1.11. The molecule has 148 valence electrons. The van der Waals surface area contributed by atoms with E-state index < -0.39 is 19.9 Å². The van der Waals surface area contributed by atoms with Gasteiger partial charge < -0.3 is 4.90 Å². The van der Waals surface area contributed by atoms with Crippen molar-refractivity contribution >= 4 is 35.8 Å². The molecule has 2 rings (SSSR count). The van der Waals surface area contributed by atoms with Crippen LogP contribution in [0, 0.1) is 0 Å². The number of sulfone groups is 1. The van der Waals surface area contributed by atoms with E-state index in [1.165, 1.54) is 18.2 Å². The molecule has 0 aromatic heterocycles. The van der Waals surface area contributed by atoms with Gasteiger partial charge in [0.1, 0.15) is 0 Å². The van der Waals surface area contributed by atoms with E-state index >= 15 is 0 Å². The van der Waals surface area contributed by atoms with Gasteiger partial charge in [-0.15, -0.1) is 0 Å². The summed E-state index contributed by atoms with van der Waals surface area (Å²) in [6.45, 7) is 0.194. The maximum Gasteiger partial charge on any atom is 0.241 e. The number of hydrogen-bond donors (Lipinski definition) is 1. The van der Waals surface area contributed by atoms with Gasteiger partial charge in [-0.1, -0.05) is 30.3 Å². The SMILES string of the molecule is CN(C)[C@H](CNS(=O)(=O)c1cc(S(C)(=O)=O)ccc1Br)Cc1ccccc1. The molecule has 0 saturated heterocycles. The summed E-state index contributed by atoms with van der Waals surface area (Å²) in [6, 6.07) is 13.7. The fourth-order valence-corrected chi connectivity index (χ4v) is 5.31. The van der Waals surface area contributed by atoms with Gasteiger partial charge in [-0.25, -0.2) is 21.6 Å². The van der Waals surface area contributed by atoms with Crippen molar-refractivity contribution in [1.82, 2.24) is 9.62 Å². The Bertz CT molecular complexity index is 991. The highest BCUT2D eigenvalue weighted by molar-refractivity contribution is 9.10. The number of hydrogen-bond acceptors (Lipinski definition) is 5. The maximum atomic E-state index is 12.8. The molecule has 0 amide bonds. The van der Waals surface area contributed by atoms with Crippen LogP contribution < -0.4 is 4.72 Å². The summed E-state index contributed by atoms with van der Waals surface area (Å²) in [4.78, 5) is 1.82. The van der Waals surface area contributed by atoms with E-state index in [9.17, 15) is 16.8 Å². The molecule has 1 atom stereocenters. The van der Waals surface area contributed by atoms with Gasteiger partial charge in [0.05, 0.1) is 9.79 Å². The van der Waals surface area contributed by atoms with Crippen molar-refractivity contribution in [3.8, 4) is 0 Å². The Morgan fingerprint density at radius 2 is 1.67 bits per heavy atom. The van der Waals surface area contributed by atoms with E-state index in [1.54, 1.807) is 0 Å². The highest BCUT2D eigenvalue weighted by Gasteiger charge is 2.23. The fourth-order valence-electron chi connectivity index (χ4n) is 2.53. The number of sulfonamides is 1. The molecule has 0 aliphatic heterocycles. The summed E-state index contributed by atoms with van der Waals surface area (Å²) in [6.07, 6.45) is 1.73. The monoisotopic (exact) mass is 474 g/mol. The van der Waals surface area contributed by atoms with Crippen LogP contribution in [0.15, 0.2) is 62.8 Å². The van der Waals surface area contributed by atoms with Gasteiger partial charge in [0.2, 0.25) is 10.0 Å². The van der Waals surface area contributed by atoms with E-state index in [-0.39, 0.29) is 22.4 Å². The average Bonchev–Trinajstić information content (AvgIpc) is 2.58. The Hall–Kier alpha value is -1.26. The average molecular weight is 475 g/mol. The first-order valence-corrected chi connectivity index (χ1v) is 12.4. The number of nitrogens with zero attached hydrogens (tertiary/aromatic N) is 1. The predicted octanol–water partition coefficient (Wildman–Crippen LogP) is 2.30. The Balaban J connectivity index is 2.22. The van der Waals surface area contributed by atoms with Crippen LogP contribution in [-0.4, -0.2) is 54.7 Å². The second-order valence-electron chi connectivity index (χ2n) is 6.52. The van der Waals surface area contributed by atoms with Crippen molar-refractivity contribution in [2.45, 2.75) is 22.3 Å². The lowest BCUT2D eigenvalue weighted by Gasteiger charge is -2.25. The second kappa shape index (κ2) is 8.83. The molecule has 0 aliphatic carbocycles. The van der Waals surface area contributed by atoms with Gasteiger partial charge in [-0.05, 0) is 60.2 Å². The molecule has 0 heterocycles. The number of rotatable bonds is 8. The molecule has 1 N–H and O–H groups in total. The molecule has 0 radical (unpaired) electrons.